The quantitative estimate of drug-likeness (QED) is 0.854. The zero-order chi connectivity index (χ0) is 12.8. The molecule has 0 heterocycles. The third kappa shape index (κ3) is 3.44. The van der Waals surface area contributed by atoms with Crippen LogP contribution in [-0.2, 0) is 4.79 Å². The molecule has 0 aliphatic rings. The van der Waals surface area contributed by atoms with Gasteiger partial charge in [-0.25, -0.2) is 4.39 Å². The lowest BCUT2D eigenvalue weighted by molar-refractivity contribution is -0.128. The molecule has 17 heavy (non-hydrogen) atoms. The lowest BCUT2D eigenvalue weighted by atomic mass is 10.2. The fraction of sp³-hybridized carbons (Fsp3) is 0.462. The minimum Gasteiger partial charge on any atom is -0.374 e. The van der Waals surface area contributed by atoms with Gasteiger partial charge in [0.15, 0.2) is 0 Å². The molecule has 1 N–H and O–H groups in total. The average molecular weight is 238 g/mol. The van der Waals surface area contributed by atoms with Gasteiger partial charge in [0.1, 0.15) is 5.82 Å². The highest BCUT2D eigenvalue weighted by Gasteiger charge is 2.11. The predicted octanol–water partition coefficient (Wildman–Crippen LogP) is 2.41. The summed E-state index contributed by atoms with van der Waals surface area (Å²) < 4.78 is 13.5. The van der Waals surface area contributed by atoms with Crippen LogP contribution in [-0.4, -0.2) is 30.4 Å². The van der Waals surface area contributed by atoms with Gasteiger partial charge in [0.25, 0.3) is 0 Å². The van der Waals surface area contributed by atoms with E-state index in [1.165, 1.54) is 6.07 Å². The van der Waals surface area contributed by atoms with Crippen molar-refractivity contribution < 1.29 is 9.18 Å². The lowest BCUT2D eigenvalue weighted by Gasteiger charge is -2.19. The minimum atomic E-state index is -0.322. The highest BCUT2D eigenvalue weighted by atomic mass is 19.1. The molecule has 1 rings (SSSR count). The topological polar surface area (TPSA) is 32.3 Å². The molecule has 0 radical (unpaired) electrons. The first-order chi connectivity index (χ1) is 8.10. The largest absolute Gasteiger partial charge is 0.374 e. The van der Waals surface area contributed by atoms with E-state index in [-0.39, 0.29) is 18.3 Å². The van der Waals surface area contributed by atoms with Gasteiger partial charge in [-0.15, -0.1) is 0 Å². The van der Waals surface area contributed by atoms with E-state index in [4.69, 9.17) is 0 Å². The van der Waals surface area contributed by atoms with Crippen molar-refractivity contribution in [3.8, 4) is 0 Å². The van der Waals surface area contributed by atoms with Gasteiger partial charge in [-0.3, -0.25) is 4.79 Å². The number of carbonyl (C=O) groups excluding carboxylic acids is 1. The molecule has 0 fully saturated rings. The first-order valence-corrected chi connectivity index (χ1v) is 5.86. The fourth-order valence-corrected chi connectivity index (χ4v) is 1.71. The number of aryl methyl sites for hydroxylation is 1. The number of halogens is 1. The second-order valence-corrected chi connectivity index (χ2v) is 3.85. The highest BCUT2D eigenvalue weighted by molar-refractivity contribution is 5.81. The van der Waals surface area contributed by atoms with E-state index in [0.717, 1.165) is 5.56 Å². The molecule has 1 aromatic carbocycles. The summed E-state index contributed by atoms with van der Waals surface area (Å²) in [6, 6.07) is 4.85. The van der Waals surface area contributed by atoms with E-state index < -0.39 is 0 Å². The van der Waals surface area contributed by atoms with Crippen LogP contribution in [0.25, 0.3) is 0 Å². The molecule has 0 bridgehead atoms. The first-order valence-electron chi connectivity index (χ1n) is 5.86. The summed E-state index contributed by atoms with van der Waals surface area (Å²) in [7, 11) is 0. The van der Waals surface area contributed by atoms with Crippen LogP contribution in [0.15, 0.2) is 18.2 Å². The van der Waals surface area contributed by atoms with E-state index in [9.17, 15) is 9.18 Å². The summed E-state index contributed by atoms with van der Waals surface area (Å²) in [5, 5.41) is 2.86. The number of benzene rings is 1. The number of para-hydroxylation sites is 1. The van der Waals surface area contributed by atoms with Gasteiger partial charge in [-0.05, 0) is 32.4 Å². The Balaban J connectivity index is 2.64. The van der Waals surface area contributed by atoms with E-state index in [0.29, 0.717) is 18.8 Å². The summed E-state index contributed by atoms with van der Waals surface area (Å²) in [6.45, 7) is 7.14. The summed E-state index contributed by atoms with van der Waals surface area (Å²) in [4.78, 5) is 13.5. The van der Waals surface area contributed by atoms with Crippen molar-refractivity contribution >= 4 is 11.6 Å². The molecule has 0 aliphatic heterocycles. The van der Waals surface area contributed by atoms with Crippen LogP contribution in [0.1, 0.15) is 19.4 Å². The molecule has 0 saturated heterocycles. The average Bonchev–Trinajstić information content (AvgIpc) is 2.30. The summed E-state index contributed by atoms with van der Waals surface area (Å²) in [6.07, 6.45) is 0. The van der Waals surface area contributed by atoms with Gasteiger partial charge < -0.3 is 10.2 Å². The van der Waals surface area contributed by atoms with Crippen molar-refractivity contribution in [3.05, 3.63) is 29.6 Å². The standard InChI is InChI=1S/C13H19FN2O/c1-4-16(5-2)12(17)9-15-13-10(3)7-6-8-11(13)14/h6-8,15H,4-5,9H2,1-3H3. The smallest absolute Gasteiger partial charge is 0.241 e. The van der Waals surface area contributed by atoms with Crippen molar-refractivity contribution in [1.82, 2.24) is 4.90 Å². The molecule has 3 nitrogen and oxygen atoms in total. The Labute approximate surface area is 102 Å². The van der Waals surface area contributed by atoms with Crippen molar-refractivity contribution in [2.45, 2.75) is 20.8 Å². The van der Waals surface area contributed by atoms with Crippen molar-refractivity contribution in [2.24, 2.45) is 0 Å². The maximum Gasteiger partial charge on any atom is 0.241 e. The monoisotopic (exact) mass is 238 g/mol. The van der Waals surface area contributed by atoms with Crippen LogP contribution in [0, 0.1) is 12.7 Å². The zero-order valence-electron chi connectivity index (χ0n) is 10.6. The van der Waals surface area contributed by atoms with E-state index in [1.54, 1.807) is 11.0 Å². The molecule has 0 saturated carbocycles. The number of hydrogen-bond acceptors (Lipinski definition) is 2. The predicted molar refractivity (Wildman–Crippen MR) is 67.6 cm³/mol. The van der Waals surface area contributed by atoms with Gasteiger partial charge >= 0.3 is 0 Å². The molecule has 0 atom stereocenters. The van der Waals surface area contributed by atoms with Crippen molar-refractivity contribution in [2.75, 3.05) is 25.0 Å². The van der Waals surface area contributed by atoms with Crippen molar-refractivity contribution in [3.63, 3.8) is 0 Å². The van der Waals surface area contributed by atoms with E-state index in [2.05, 4.69) is 5.32 Å². The summed E-state index contributed by atoms with van der Waals surface area (Å²) >= 11 is 0. The van der Waals surface area contributed by atoms with Crippen LogP contribution in [0.2, 0.25) is 0 Å². The molecular formula is C13H19FN2O. The van der Waals surface area contributed by atoms with Gasteiger partial charge in [-0.2, -0.15) is 0 Å². The van der Waals surface area contributed by atoms with E-state index in [1.807, 2.05) is 26.8 Å². The number of nitrogens with zero attached hydrogens (tertiary/aromatic N) is 1. The third-order valence-electron chi connectivity index (χ3n) is 2.75. The Bertz CT molecular complexity index is 369. The number of anilines is 1. The Morgan fingerprint density at radius 1 is 1.35 bits per heavy atom. The Hall–Kier alpha value is -1.58. The van der Waals surface area contributed by atoms with Crippen LogP contribution in [0.4, 0.5) is 10.1 Å². The first kappa shape index (κ1) is 13.5. The second-order valence-electron chi connectivity index (χ2n) is 3.85. The molecule has 4 heteroatoms. The highest BCUT2D eigenvalue weighted by Crippen LogP contribution is 2.18. The lowest BCUT2D eigenvalue weighted by Crippen LogP contribution is -2.35. The summed E-state index contributed by atoms with van der Waals surface area (Å²) in [5.74, 6) is -0.338. The van der Waals surface area contributed by atoms with Gasteiger partial charge in [-0.1, -0.05) is 12.1 Å². The molecule has 0 aliphatic carbocycles. The Morgan fingerprint density at radius 2 is 2.00 bits per heavy atom. The molecule has 0 aromatic heterocycles. The molecule has 1 amide bonds. The summed E-state index contributed by atoms with van der Waals surface area (Å²) in [5.41, 5.74) is 1.21. The van der Waals surface area contributed by atoms with Crippen LogP contribution < -0.4 is 5.32 Å². The third-order valence-corrected chi connectivity index (χ3v) is 2.75. The van der Waals surface area contributed by atoms with Gasteiger partial charge in [0.2, 0.25) is 5.91 Å². The van der Waals surface area contributed by atoms with Crippen LogP contribution >= 0.6 is 0 Å². The Morgan fingerprint density at radius 3 is 2.53 bits per heavy atom. The Kier molecular flexibility index (Phi) is 4.94. The van der Waals surface area contributed by atoms with Gasteiger partial charge in [0.05, 0.1) is 12.2 Å². The molecule has 1 aromatic rings. The SMILES string of the molecule is CCN(CC)C(=O)CNc1c(C)cccc1F. The fourth-order valence-electron chi connectivity index (χ4n) is 1.71. The molecule has 0 spiro atoms. The molecule has 94 valence electrons. The maximum absolute atomic E-state index is 13.5. The van der Waals surface area contributed by atoms with Crippen molar-refractivity contribution in [1.29, 1.82) is 0 Å². The molecular weight excluding hydrogens is 219 g/mol. The van der Waals surface area contributed by atoms with Crippen LogP contribution in [0.3, 0.4) is 0 Å². The zero-order valence-corrected chi connectivity index (χ0v) is 10.6. The maximum atomic E-state index is 13.5. The number of likely N-dealkylation sites (N-methyl/N-ethyl adjacent to an activating group) is 1. The minimum absolute atomic E-state index is 0.0161. The number of amides is 1. The number of hydrogen-bond donors (Lipinski definition) is 1. The van der Waals surface area contributed by atoms with E-state index >= 15 is 0 Å². The number of carbonyl (C=O) groups is 1. The number of rotatable bonds is 5. The van der Waals surface area contributed by atoms with Gasteiger partial charge in [0, 0.05) is 13.1 Å². The second kappa shape index (κ2) is 6.23. The van der Waals surface area contributed by atoms with Crippen LogP contribution in [0.5, 0.6) is 0 Å². The molecule has 0 unspecified atom stereocenters. The number of nitrogens with one attached hydrogen (secondary N) is 1. The normalized spacial score (nSPS) is 10.1.